The van der Waals surface area contributed by atoms with Gasteiger partial charge in [-0.3, -0.25) is 4.90 Å². The lowest BCUT2D eigenvalue weighted by molar-refractivity contribution is 0.100. The van der Waals surface area contributed by atoms with Gasteiger partial charge in [0.25, 0.3) is 0 Å². The molecule has 1 fully saturated rings. The zero-order valence-corrected chi connectivity index (χ0v) is 11.3. The van der Waals surface area contributed by atoms with Crippen molar-refractivity contribution in [1.82, 2.24) is 4.90 Å². The van der Waals surface area contributed by atoms with Crippen molar-refractivity contribution in [3.05, 3.63) is 35.4 Å². The molecule has 1 heterocycles. The van der Waals surface area contributed by atoms with Gasteiger partial charge in [0.1, 0.15) is 0 Å². The molecule has 0 unspecified atom stereocenters. The summed E-state index contributed by atoms with van der Waals surface area (Å²) < 4.78 is 10.6. The molecule has 2 rings (SSSR count). The summed E-state index contributed by atoms with van der Waals surface area (Å²) in [5, 5.41) is 8.81. The van der Waals surface area contributed by atoms with Crippen LogP contribution in [0.4, 0.5) is 0 Å². The van der Waals surface area contributed by atoms with Crippen molar-refractivity contribution in [2.24, 2.45) is 0 Å². The van der Waals surface area contributed by atoms with E-state index < -0.39 is 0 Å². The molecule has 1 aliphatic heterocycles. The van der Waals surface area contributed by atoms with Crippen LogP contribution < -0.4 is 0 Å². The van der Waals surface area contributed by atoms with E-state index >= 15 is 0 Å². The van der Waals surface area contributed by atoms with E-state index in [0.29, 0.717) is 11.6 Å². The Hall–Kier alpha value is -1.41. The molecule has 0 bridgehead atoms. The topological polar surface area (TPSA) is 45.5 Å². The van der Waals surface area contributed by atoms with Crippen LogP contribution in [0, 0.1) is 11.3 Å². The molecule has 0 aliphatic carbocycles. The summed E-state index contributed by atoms with van der Waals surface area (Å²) in [6, 6.07) is 10.4. The Morgan fingerprint density at radius 2 is 2.21 bits per heavy atom. The highest BCUT2D eigenvalue weighted by molar-refractivity contribution is 5.31. The summed E-state index contributed by atoms with van der Waals surface area (Å²) in [4.78, 5) is 2.40. The average molecular weight is 260 g/mol. The first-order valence-electron chi connectivity index (χ1n) is 6.63. The monoisotopic (exact) mass is 260 g/mol. The molecule has 0 radical (unpaired) electrons. The van der Waals surface area contributed by atoms with Gasteiger partial charge in [0.05, 0.1) is 24.8 Å². The van der Waals surface area contributed by atoms with E-state index in [1.54, 1.807) is 7.11 Å². The Morgan fingerprint density at radius 1 is 1.42 bits per heavy atom. The molecule has 0 spiro atoms. The number of hydrogen-bond acceptors (Lipinski definition) is 4. The lowest BCUT2D eigenvalue weighted by Gasteiger charge is -2.27. The van der Waals surface area contributed by atoms with Crippen molar-refractivity contribution in [3.63, 3.8) is 0 Å². The smallest absolute Gasteiger partial charge is 0.0991 e. The fourth-order valence-corrected chi connectivity index (χ4v) is 2.33. The van der Waals surface area contributed by atoms with Crippen molar-refractivity contribution >= 4 is 0 Å². The van der Waals surface area contributed by atoms with Crippen LogP contribution >= 0.6 is 0 Å². The molecule has 0 saturated carbocycles. The van der Waals surface area contributed by atoms with Gasteiger partial charge < -0.3 is 9.47 Å². The third-order valence-corrected chi connectivity index (χ3v) is 3.47. The van der Waals surface area contributed by atoms with Gasteiger partial charge in [0.15, 0.2) is 0 Å². The molecule has 19 heavy (non-hydrogen) atoms. The van der Waals surface area contributed by atoms with Gasteiger partial charge in [-0.15, -0.1) is 0 Å². The van der Waals surface area contributed by atoms with Crippen LogP contribution in [0.25, 0.3) is 0 Å². The quantitative estimate of drug-likeness (QED) is 0.782. The summed E-state index contributed by atoms with van der Waals surface area (Å²) >= 11 is 0. The van der Waals surface area contributed by atoms with Crippen LogP contribution in [0.5, 0.6) is 0 Å². The zero-order chi connectivity index (χ0) is 13.5. The molecule has 0 N–H and O–H groups in total. The van der Waals surface area contributed by atoms with E-state index in [1.807, 2.05) is 24.3 Å². The van der Waals surface area contributed by atoms with Crippen molar-refractivity contribution in [2.75, 3.05) is 33.5 Å². The summed E-state index contributed by atoms with van der Waals surface area (Å²) in [6.07, 6.45) is 1.08. The predicted octanol–water partition coefficient (Wildman–Crippen LogP) is 1.80. The van der Waals surface area contributed by atoms with E-state index in [0.717, 1.165) is 39.3 Å². The largest absolute Gasteiger partial charge is 0.383 e. The standard InChI is InChI=1S/C15H20N2O2/c1-18-9-7-17(15-6-8-19-12-15)11-14-4-2-13(10-16)3-5-14/h2-5,15H,6-9,11-12H2,1H3/t15-/m0/s1. The first-order valence-corrected chi connectivity index (χ1v) is 6.63. The second-order valence-electron chi connectivity index (χ2n) is 4.79. The Balaban J connectivity index is 1.99. The van der Waals surface area contributed by atoms with E-state index in [2.05, 4.69) is 11.0 Å². The highest BCUT2D eigenvalue weighted by atomic mass is 16.5. The zero-order valence-electron chi connectivity index (χ0n) is 11.3. The third-order valence-electron chi connectivity index (χ3n) is 3.47. The van der Waals surface area contributed by atoms with Gasteiger partial charge >= 0.3 is 0 Å². The molecule has 1 saturated heterocycles. The molecular weight excluding hydrogens is 240 g/mol. The van der Waals surface area contributed by atoms with Crippen molar-refractivity contribution in [1.29, 1.82) is 5.26 Å². The minimum atomic E-state index is 0.478. The number of nitriles is 1. The maximum absolute atomic E-state index is 8.81. The number of benzene rings is 1. The Kier molecular flexibility index (Phi) is 5.34. The number of nitrogens with zero attached hydrogens (tertiary/aromatic N) is 2. The molecule has 0 aromatic heterocycles. The molecule has 1 atom stereocenters. The molecule has 0 amide bonds. The highest BCUT2D eigenvalue weighted by Crippen LogP contribution is 2.16. The van der Waals surface area contributed by atoms with Crippen LogP contribution in [0.1, 0.15) is 17.5 Å². The third kappa shape index (κ3) is 4.03. The van der Waals surface area contributed by atoms with E-state index in [9.17, 15) is 0 Å². The van der Waals surface area contributed by atoms with Gasteiger partial charge in [-0.25, -0.2) is 0 Å². The van der Waals surface area contributed by atoms with Gasteiger partial charge in [-0.1, -0.05) is 12.1 Å². The van der Waals surface area contributed by atoms with E-state index in [-0.39, 0.29) is 0 Å². The molecule has 1 aromatic rings. The first-order chi connectivity index (χ1) is 9.33. The fourth-order valence-electron chi connectivity index (χ4n) is 2.33. The molecule has 1 aliphatic rings. The van der Waals surface area contributed by atoms with Crippen LogP contribution in [-0.2, 0) is 16.0 Å². The van der Waals surface area contributed by atoms with Gasteiger partial charge in [0, 0.05) is 32.8 Å². The maximum atomic E-state index is 8.81. The number of ether oxygens (including phenoxy) is 2. The second kappa shape index (κ2) is 7.25. The molecule has 4 heteroatoms. The average Bonchev–Trinajstić information content (AvgIpc) is 2.98. The van der Waals surface area contributed by atoms with Crippen LogP contribution in [-0.4, -0.2) is 44.4 Å². The molecule has 102 valence electrons. The summed E-state index contributed by atoms with van der Waals surface area (Å²) in [5.74, 6) is 0. The Labute approximate surface area is 114 Å². The summed E-state index contributed by atoms with van der Waals surface area (Å²) in [5.41, 5.74) is 1.93. The number of hydrogen-bond donors (Lipinski definition) is 0. The van der Waals surface area contributed by atoms with Gasteiger partial charge in [0.2, 0.25) is 0 Å². The summed E-state index contributed by atoms with van der Waals surface area (Å²) in [6.45, 7) is 4.17. The highest BCUT2D eigenvalue weighted by Gasteiger charge is 2.22. The number of methoxy groups -OCH3 is 1. The maximum Gasteiger partial charge on any atom is 0.0991 e. The lowest BCUT2D eigenvalue weighted by Crippen LogP contribution is -2.37. The Morgan fingerprint density at radius 3 is 2.79 bits per heavy atom. The normalized spacial score (nSPS) is 18.7. The molecular formula is C15H20N2O2. The molecule has 4 nitrogen and oxygen atoms in total. The van der Waals surface area contributed by atoms with E-state index in [4.69, 9.17) is 14.7 Å². The van der Waals surface area contributed by atoms with Gasteiger partial charge in [-0.2, -0.15) is 5.26 Å². The van der Waals surface area contributed by atoms with Gasteiger partial charge in [-0.05, 0) is 24.1 Å². The van der Waals surface area contributed by atoms with Crippen LogP contribution in [0.15, 0.2) is 24.3 Å². The van der Waals surface area contributed by atoms with Crippen molar-refractivity contribution in [3.8, 4) is 6.07 Å². The number of rotatable bonds is 6. The minimum Gasteiger partial charge on any atom is -0.383 e. The predicted molar refractivity (Wildman–Crippen MR) is 72.7 cm³/mol. The SMILES string of the molecule is COCCN(Cc1ccc(C#N)cc1)[C@H]1CCOC1. The van der Waals surface area contributed by atoms with Crippen LogP contribution in [0.2, 0.25) is 0 Å². The molecule has 1 aromatic carbocycles. The van der Waals surface area contributed by atoms with Crippen LogP contribution in [0.3, 0.4) is 0 Å². The Bertz CT molecular complexity index is 419. The first kappa shape index (κ1) is 14.0. The lowest BCUT2D eigenvalue weighted by atomic mass is 10.1. The fraction of sp³-hybridized carbons (Fsp3) is 0.533. The van der Waals surface area contributed by atoms with Crippen molar-refractivity contribution in [2.45, 2.75) is 19.0 Å². The minimum absolute atomic E-state index is 0.478. The summed E-state index contributed by atoms with van der Waals surface area (Å²) in [7, 11) is 1.73. The van der Waals surface area contributed by atoms with E-state index in [1.165, 1.54) is 5.56 Å². The van der Waals surface area contributed by atoms with Crippen molar-refractivity contribution < 1.29 is 9.47 Å². The second-order valence-corrected chi connectivity index (χ2v) is 4.79.